The van der Waals surface area contributed by atoms with Crippen LogP contribution >= 0.6 is 0 Å². The molecule has 3 N–H and O–H groups in total. The average molecular weight is 516 g/mol. The number of nitrogens with one attached hydrogen (secondary N) is 1. The lowest BCUT2D eigenvalue weighted by Gasteiger charge is -2.25. The summed E-state index contributed by atoms with van der Waals surface area (Å²) < 4.78 is 14.4. The zero-order chi connectivity index (χ0) is 26.8. The van der Waals surface area contributed by atoms with Gasteiger partial charge in [-0.1, -0.05) is 18.2 Å². The highest BCUT2D eigenvalue weighted by atomic mass is 16.5. The summed E-state index contributed by atoms with van der Waals surface area (Å²) in [7, 11) is 6.16. The normalized spacial score (nSPS) is 13.2. The van der Waals surface area contributed by atoms with Crippen molar-refractivity contribution in [3.8, 4) is 17.0 Å². The molecule has 0 saturated heterocycles. The first-order valence-corrected chi connectivity index (χ1v) is 13.1. The number of hydrogen-bond acceptors (Lipinski definition) is 8. The van der Waals surface area contributed by atoms with E-state index >= 15 is 0 Å². The number of para-hydroxylation sites is 1. The lowest BCUT2D eigenvalue weighted by atomic mass is 10.1. The van der Waals surface area contributed by atoms with Gasteiger partial charge in [0.05, 0.1) is 47.8 Å². The number of anilines is 4. The van der Waals surface area contributed by atoms with Crippen LogP contribution in [-0.4, -0.2) is 66.4 Å². The third kappa shape index (κ3) is 5.25. The SMILES string of the molecule is CC(C)Oc1cc(N(C)CCN(C)C)c(N)cc1Nc1nccc(-c2c3n(c4ccccc24)CCOC3)n1. The molecule has 9 nitrogen and oxygen atoms in total. The van der Waals surface area contributed by atoms with Crippen molar-refractivity contribution in [1.82, 2.24) is 19.4 Å². The average Bonchev–Trinajstić information content (AvgIpc) is 3.23. The van der Waals surface area contributed by atoms with Gasteiger partial charge >= 0.3 is 0 Å². The monoisotopic (exact) mass is 515 g/mol. The smallest absolute Gasteiger partial charge is 0.227 e. The van der Waals surface area contributed by atoms with Gasteiger partial charge in [0.25, 0.3) is 0 Å². The van der Waals surface area contributed by atoms with Crippen LogP contribution in [-0.2, 0) is 17.9 Å². The second-order valence-corrected chi connectivity index (χ2v) is 10.2. The maximum Gasteiger partial charge on any atom is 0.227 e. The molecule has 1 aliphatic heterocycles. The van der Waals surface area contributed by atoms with E-state index in [0.717, 1.165) is 53.3 Å². The van der Waals surface area contributed by atoms with Crippen molar-refractivity contribution in [3.63, 3.8) is 0 Å². The van der Waals surface area contributed by atoms with Gasteiger partial charge in [0, 0.05) is 55.4 Å². The molecule has 38 heavy (non-hydrogen) atoms. The van der Waals surface area contributed by atoms with Crippen LogP contribution in [0.3, 0.4) is 0 Å². The Balaban J connectivity index is 1.50. The molecule has 9 heteroatoms. The quantitative estimate of drug-likeness (QED) is 0.309. The summed E-state index contributed by atoms with van der Waals surface area (Å²) in [6, 6.07) is 14.3. The molecule has 0 amide bonds. The Morgan fingerprint density at radius 1 is 1.13 bits per heavy atom. The number of ether oxygens (including phenoxy) is 2. The number of fused-ring (bicyclic) bond motifs is 3. The second kappa shape index (κ2) is 10.9. The second-order valence-electron chi connectivity index (χ2n) is 10.2. The summed E-state index contributed by atoms with van der Waals surface area (Å²) in [6.07, 6.45) is 1.77. The molecule has 1 aliphatic rings. The highest BCUT2D eigenvalue weighted by Crippen LogP contribution is 2.39. The lowest BCUT2D eigenvalue weighted by Crippen LogP contribution is -2.29. The minimum Gasteiger partial charge on any atom is -0.489 e. The van der Waals surface area contributed by atoms with E-state index in [2.05, 4.69) is 63.0 Å². The summed E-state index contributed by atoms with van der Waals surface area (Å²) >= 11 is 0. The first kappa shape index (κ1) is 25.8. The van der Waals surface area contributed by atoms with Crippen LogP contribution in [0.25, 0.3) is 22.2 Å². The third-order valence-corrected chi connectivity index (χ3v) is 6.72. The Morgan fingerprint density at radius 2 is 1.95 bits per heavy atom. The van der Waals surface area contributed by atoms with Gasteiger partial charge in [0.1, 0.15) is 5.75 Å². The molecule has 0 saturated carbocycles. The molecule has 2 aromatic carbocycles. The maximum atomic E-state index is 6.52. The van der Waals surface area contributed by atoms with Crippen LogP contribution < -0.4 is 20.7 Å². The predicted octanol–water partition coefficient (Wildman–Crippen LogP) is 4.74. The first-order valence-electron chi connectivity index (χ1n) is 13.1. The molecule has 4 aromatic rings. The minimum absolute atomic E-state index is 0.00871. The summed E-state index contributed by atoms with van der Waals surface area (Å²) in [5.41, 5.74) is 13.1. The molecule has 0 unspecified atom stereocenters. The van der Waals surface area contributed by atoms with Crippen LogP contribution in [0.5, 0.6) is 5.75 Å². The molecule has 3 heterocycles. The van der Waals surface area contributed by atoms with E-state index in [0.29, 0.717) is 30.6 Å². The molecule has 0 radical (unpaired) electrons. The predicted molar refractivity (Wildman–Crippen MR) is 154 cm³/mol. The van der Waals surface area contributed by atoms with Gasteiger partial charge in [-0.05, 0) is 46.1 Å². The van der Waals surface area contributed by atoms with Gasteiger partial charge in [0.2, 0.25) is 5.95 Å². The zero-order valence-corrected chi connectivity index (χ0v) is 22.9. The summed E-state index contributed by atoms with van der Waals surface area (Å²) in [4.78, 5) is 13.7. The van der Waals surface area contributed by atoms with Gasteiger partial charge in [-0.15, -0.1) is 0 Å². The minimum atomic E-state index is -0.00871. The molecule has 0 spiro atoms. The Labute approximate surface area is 224 Å². The summed E-state index contributed by atoms with van der Waals surface area (Å²) in [5, 5.41) is 4.54. The van der Waals surface area contributed by atoms with E-state index in [1.165, 1.54) is 5.52 Å². The maximum absolute atomic E-state index is 6.52. The van der Waals surface area contributed by atoms with Crippen molar-refractivity contribution in [2.45, 2.75) is 33.1 Å². The molecule has 0 atom stereocenters. The summed E-state index contributed by atoms with van der Waals surface area (Å²) in [6.45, 7) is 7.88. The Kier molecular flexibility index (Phi) is 7.40. The number of nitrogen functional groups attached to an aromatic ring is 1. The molecule has 5 rings (SSSR count). The van der Waals surface area contributed by atoms with Crippen LogP contribution in [0, 0.1) is 0 Å². The number of benzene rings is 2. The van der Waals surface area contributed by atoms with E-state index in [1.54, 1.807) is 6.20 Å². The highest BCUT2D eigenvalue weighted by molar-refractivity contribution is 5.97. The molecule has 0 fully saturated rings. The van der Waals surface area contributed by atoms with Gasteiger partial charge in [-0.25, -0.2) is 9.97 Å². The number of nitrogens with zero attached hydrogens (tertiary/aromatic N) is 5. The lowest BCUT2D eigenvalue weighted by molar-refractivity contribution is 0.0869. The topological polar surface area (TPSA) is 93.7 Å². The standard InChI is InChI=1S/C29H37N7O2/c1-19(2)38-27-17-25(35(5)13-12-34(3)4)21(30)16-23(27)33-29-31-11-10-22(32-29)28-20-8-6-7-9-24(20)36-14-15-37-18-26(28)36/h6-11,16-17,19H,12-15,18,30H2,1-5H3,(H,31,32,33). The number of nitrogens with two attached hydrogens (primary N) is 1. The molecule has 0 bridgehead atoms. The number of rotatable bonds is 9. The van der Waals surface area contributed by atoms with Gasteiger partial charge in [0.15, 0.2) is 0 Å². The largest absolute Gasteiger partial charge is 0.489 e. The third-order valence-electron chi connectivity index (χ3n) is 6.72. The van der Waals surface area contributed by atoms with Crippen molar-refractivity contribution >= 4 is 33.9 Å². The van der Waals surface area contributed by atoms with Gasteiger partial charge in [-0.3, -0.25) is 0 Å². The van der Waals surface area contributed by atoms with Crippen molar-refractivity contribution in [3.05, 3.63) is 54.4 Å². The first-order chi connectivity index (χ1) is 18.3. The molecular weight excluding hydrogens is 478 g/mol. The van der Waals surface area contributed by atoms with Gasteiger partial charge < -0.3 is 34.9 Å². The Hall–Kier alpha value is -3.82. The fraction of sp³-hybridized carbons (Fsp3) is 0.379. The molecule has 200 valence electrons. The fourth-order valence-electron chi connectivity index (χ4n) is 4.89. The van der Waals surface area contributed by atoms with Crippen molar-refractivity contribution in [2.75, 3.05) is 56.8 Å². The van der Waals surface area contributed by atoms with Crippen molar-refractivity contribution in [2.24, 2.45) is 0 Å². The van der Waals surface area contributed by atoms with Crippen LogP contribution in [0.15, 0.2) is 48.7 Å². The van der Waals surface area contributed by atoms with E-state index in [-0.39, 0.29) is 6.10 Å². The number of likely N-dealkylation sites (N-methyl/N-ethyl adjacent to an activating group) is 2. The number of hydrogen-bond donors (Lipinski definition) is 2. The van der Waals surface area contributed by atoms with Crippen LogP contribution in [0.4, 0.5) is 23.0 Å². The van der Waals surface area contributed by atoms with Crippen molar-refractivity contribution < 1.29 is 9.47 Å². The zero-order valence-electron chi connectivity index (χ0n) is 22.9. The number of aromatic nitrogens is 3. The van der Waals surface area contributed by atoms with Gasteiger partial charge in [-0.2, -0.15) is 0 Å². The van der Waals surface area contributed by atoms with E-state index in [1.807, 2.05) is 39.1 Å². The van der Waals surface area contributed by atoms with Crippen LogP contribution in [0.1, 0.15) is 19.5 Å². The fourth-order valence-corrected chi connectivity index (χ4v) is 4.89. The highest BCUT2D eigenvalue weighted by Gasteiger charge is 2.22. The molecule has 2 aromatic heterocycles. The van der Waals surface area contributed by atoms with E-state index < -0.39 is 0 Å². The summed E-state index contributed by atoms with van der Waals surface area (Å²) in [5.74, 6) is 1.18. The van der Waals surface area contributed by atoms with E-state index in [9.17, 15) is 0 Å². The van der Waals surface area contributed by atoms with Crippen molar-refractivity contribution in [1.29, 1.82) is 0 Å². The van der Waals surface area contributed by atoms with Crippen LogP contribution in [0.2, 0.25) is 0 Å². The Bertz CT molecular complexity index is 1430. The van der Waals surface area contributed by atoms with E-state index in [4.69, 9.17) is 20.2 Å². The molecule has 0 aliphatic carbocycles. The molecular formula is C29H37N7O2. The Morgan fingerprint density at radius 3 is 2.74 bits per heavy atom.